The van der Waals surface area contributed by atoms with E-state index in [1.807, 2.05) is 20.8 Å². The molecule has 0 saturated heterocycles. The van der Waals surface area contributed by atoms with Crippen molar-refractivity contribution in [2.24, 2.45) is 5.41 Å². The Morgan fingerprint density at radius 1 is 1.26 bits per heavy atom. The van der Waals surface area contributed by atoms with Crippen LogP contribution in [0.5, 0.6) is 0 Å². The van der Waals surface area contributed by atoms with Gasteiger partial charge in [-0.2, -0.15) is 0 Å². The predicted octanol–water partition coefficient (Wildman–Crippen LogP) is 2.30. The molecule has 1 aromatic rings. The summed E-state index contributed by atoms with van der Waals surface area (Å²) in [6, 6.07) is 6.79. The number of hydrogen-bond donors (Lipinski definition) is 2. The number of rotatable bonds is 5. The van der Waals surface area contributed by atoms with Crippen LogP contribution >= 0.6 is 0 Å². The molecule has 0 saturated carbocycles. The lowest BCUT2D eigenvalue weighted by Gasteiger charge is -2.26. The normalized spacial score (nSPS) is 14.2. The highest BCUT2D eigenvalue weighted by atomic mass is 32.2. The van der Waals surface area contributed by atoms with E-state index in [0.717, 1.165) is 0 Å². The maximum atomic E-state index is 12.0. The summed E-state index contributed by atoms with van der Waals surface area (Å²) < 4.78 is 23.9. The van der Waals surface area contributed by atoms with Gasteiger partial charge in [0.05, 0.1) is 22.4 Å². The van der Waals surface area contributed by atoms with Gasteiger partial charge >= 0.3 is 0 Å². The van der Waals surface area contributed by atoms with Crippen molar-refractivity contribution in [3.8, 4) is 0 Å². The number of benzene rings is 1. The Kier molecular flexibility index (Phi) is 4.98. The van der Waals surface area contributed by atoms with Gasteiger partial charge in [0.2, 0.25) is 0 Å². The molecular weight excluding hydrogens is 262 g/mol. The third-order valence-electron chi connectivity index (χ3n) is 3.09. The largest absolute Gasteiger partial charge is 0.391 e. The van der Waals surface area contributed by atoms with Gasteiger partial charge in [0.25, 0.3) is 0 Å². The van der Waals surface area contributed by atoms with Crippen molar-refractivity contribution in [1.82, 2.24) is 0 Å². The summed E-state index contributed by atoms with van der Waals surface area (Å²) in [7, 11) is -3.26. The van der Waals surface area contributed by atoms with E-state index >= 15 is 0 Å². The molecule has 19 heavy (non-hydrogen) atoms. The third kappa shape index (κ3) is 4.21. The summed E-state index contributed by atoms with van der Waals surface area (Å²) >= 11 is 0. The van der Waals surface area contributed by atoms with Gasteiger partial charge in [-0.15, -0.1) is 0 Å². The Hall–Kier alpha value is -1.07. The van der Waals surface area contributed by atoms with Crippen LogP contribution in [0.15, 0.2) is 29.2 Å². The molecule has 1 aromatic carbocycles. The van der Waals surface area contributed by atoms with E-state index in [9.17, 15) is 13.5 Å². The SMILES string of the molecule is CCS(=O)(=O)c1ccccc1NCC(O)C(C)(C)C. The second-order valence-corrected chi connectivity index (χ2v) is 7.91. The highest BCUT2D eigenvalue weighted by molar-refractivity contribution is 7.91. The van der Waals surface area contributed by atoms with Crippen LogP contribution in [-0.2, 0) is 9.84 Å². The average Bonchev–Trinajstić information content (AvgIpc) is 2.35. The second-order valence-electron chi connectivity index (χ2n) is 5.66. The number of aliphatic hydroxyl groups excluding tert-OH is 1. The minimum Gasteiger partial charge on any atom is -0.391 e. The molecule has 0 aliphatic heterocycles. The van der Waals surface area contributed by atoms with Crippen LogP contribution in [0.2, 0.25) is 0 Å². The predicted molar refractivity (Wildman–Crippen MR) is 78.1 cm³/mol. The Labute approximate surface area is 115 Å². The van der Waals surface area contributed by atoms with E-state index in [2.05, 4.69) is 5.32 Å². The molecule has 4 nitrogen and oxygen atoms in total. The summed E-state index contributed by atoms with van der Waals surface area (Å²) in [5.41, 5.74) is 0.304. The highest BCUT2D eigenvalue weighted by Gasteiger charge is 2.23. The Bertz CT molecular complexity index is 518. The number of aliphatic hydroxyl groups is 1. The zero-order chi connectivity index (χ0) is 14.7. The summed E-state index contributed by atoms with van der Waals surface area (Å²) in [6.45, 7) is 7.76. The van der Waals surface area contributed by atoms with Gasteiger partial charge in [0.15, 0.2) is 9.84 Å². The molecule has 1 atom stereocenters. The van der Waals surface area contributed by atoms with Crippen LogP contribution in [0.3, 0.4) is 0 Å². The molecule has 0 aliphatic rings. The third-order valence-corrected chi connectivity index (χ3v) is 4.87. The molecule has 108 valence electrons. The Morgan fingerprint density at radius 3 is 2.37 bits per heavy atom. The zero-order valence-corrected chi connectivity index (χ0v) is 12.8. The van der Waals surface area contributed by atoms with Gasteiger partial charge in [0, 0.05) is 6.54 Å². The Morgan fingerprint density at radius 2 is 1.84 bits per heavy atom. The second kappa shape index (κ2) is 5.92. The molecule has 0 fully saturated rings. The fourth-order valence-corrected chi connectivity index (χ4v) is 2.62. The summed E-state index contributed by atoms with van der Waals surface area (Å²) in [5.74, 6) is 0.0630. The highest BCUT2D eigenvalue weighted by Crippen LogP contribution is 2.24. The minimum atomic E-state index is -3.26. The number of sulfone groups is 1. The van der Waals surface area contributed by atoms with E-state index < -0.39 is 15.9 Å². The summed E-state index contributed by atoms with van der Waals surface area (Å²) in [6.07, 6.45) is -0.551. The van der Waals surface area contributed by atoms with Gasteiger partial charge in [-0.05, 0) is 17.5 Å². The topological polar surface area (TPSA) is 66.4 Å². The molecule has 0 amide bonds. The van der Waals surface area contributed by atoms with Gasteiger partial charge in [0.1, 0.15) is 0 Å². The van der Waals surface area contributed by atoms with E-state index in [-0.39, 0.29) is 11.2 Å². The van der Waals surface area contributed by atoms with Crippen molar-refractivity contribution in [2.75, 3.05) is 17.6 Å². The van der Waals surface area contributed by atoms with Crippen molar-refractivity contribution in [2.45, 2.75) is 38.7 Å². The fraction of sp³-hybridized carbons (Fsp3) is 0.571. The smallest absolute Gasteiger partial charge is 0.180 e. The monoisotopic (exact) mass is 285 g/mol. The first-order valence-corrected chi connectivity index (χ1v) is 8.07. The molecule has 1 rings (SSSR count). The first-order chi connectivity index (χ1) is 8.68. The van der Waals surface area contributed by atoms with Crippen molar-refractivity contribution >= 4 is 15.5 Å². The zero-order valence-electron chi connectivity index (χ0n) is 12.0. The Balaban J connectivity index is 2.92. The standard InChI is InChI=1S/C14H23NO3S/c1-5-19(17,18)12-9-7-6-8-11(12)15-10-13(16)14(2,3)4/h6-9,13,15-16H,5,10H2,1-4H3. The lowest BCUT2D eigenvalue weighted by Crippen LogP contribution is -2.33. The molecule has 0 aliphatic carbocycles. The van der Waals surface area contributed by atoms with Crippen LogP contribution in [0.1, 0.15) is 27.7 Å². The van der Waals surface area contributed by atoms with Crippen LogP contribution in [0.25, 0.3) is 0 Å². The first-order valence-electron chi connectivity index (χ1n) is 6.42. The first kappa shape index (κ1) is 16.0. The maximum absolute atomic E-state index is 12.0. The van der Waals surface area contributed by atoms with Crippen LogP contribution in [-0.4, -0.2) is 31.9 Å². The van der Waals surface area contributed by atoms with Crippen molar-refractivity contribution in [1.29, 1.82) is 0 Å². The molecule has 0 spiro atoms. The summed E-state index contributed by atoms with van der Waals surface area (Å²) in [4.78, 5) is 0.290. The molecule has 2 N–H and O–H groups in total. The molecule has 0 heterocycles. The number of anilines is 1. The number of hydrogen-bond acceptors (Lipinski definition) is 4. The average molecular weight is 285 g/mol. The summed E-state index contributed by atoms with van der Waals surface area (Å²) in [5, 5.41) is 13.0. The van der Waals surface area contributed by atoms with Gasteiger partial charge in [-0.25, -0.2) is 8.42 Å². The van der Waals surface area contributed by atoms with Gasteiger partial charge in [-0.1, -0.05) is 39.8 Å². The van der Waals surface area contributed by atoms with E-state index in [1.54, 1.807) is 31.2 Å². The van der Waals surface area contributed by atoms with E-state index in [0.29, 0.717) is 17.1 Å². The maximum Gasteiger partial charge on any atom is 0.180 e. The fourth-order valence-electron chi connectivity index (χ4n) is 1.55. The van der Waals surface area contributed by atoms with Crippen LogP contribution in [0, 0.1) is 5.41 Å². The number of nitrogens with one attached hydrogen (secondary N) is 1. The van der Waals surface area contributed by atoms with Gasteiger partial charge < -0.3 is 10.4 Å². The molecule has 0 bridgehead atoms. The minimum absolute atomic E-state index is 0.0630. The molecule has 1 unspecified atom stereocenters. The number of para-hydroxylation sites is 1. The van der Waals surface area contributed by atoms with Gasteiger partial charge in [-0.3, -0.25) is 0 Å². The molecule has 0 radical (unpaired) electrons. The van der Waals surface area contributed by atoms with Crippen molar-refractivity contribution in [3.05, 3.63) is 24.3 Å². The lowest BCUT2D eigenvalue weighted by atomic mass is 9.89. The van der Waals surface area contributed by atoms with Crippen LogP contribution in [0.4, 0.5) is 5.69 Å². The molecule has 5 heteroatoms. The quantitative estimate of drug-likeness (QED) is 0.871. The van der Waals surface area contributed by atoms with Crippen molar-refractivity contribution < 1.29 is 13.5 Å². The van der Waals surface area contributed by atoms with Crippen LogP contribution < -0.4 is 5.32 Å². The molecular formula is C14H23NO3S. The van der Waals surface area contributed by atoms with E-state index in [4.69, 9.17) is 0 Å². The van der Waals surface area contributed by atoms with E-state index in [1.165, 1.54) is 0 Å². The van der Waals surface area contributed by atoms with Crippen molar-refractivity contribution in [3.63, 3.8) is 0 Å². The lowest BCUT2D eigenvalue weighted by molar-refractivity contribution is 0.0745. The molecule has 0 aromatic heterocycles.